The summed E-state index contributed by atoms with van der Waals surface area (Å²) >= 11 is 6.20. The molecule has 1 aliphatic rings. The molecule has 3 amide bonds. The lowest BCUT2D eigenvalue weighted by molar-refractivity contribution is -0.144. The first kappa shape index (κ1) is 37.9. The number of benzene rings is 2. The van der Waals surface area contributed by atoms with Crippen LogP contribution in [0.2, 0.25) is 5.02 Å². The number of ether oxygens (including phenoxy) is 2. The van der Waals surface area contributed by atoms with Crippen molar-refractivity contribution >= 4 is 77.2 Å². The summed E-state index contributed by atoms with van der Waals surface area (Å²) in [5.74, 6) is 10.0. The van der Waals surface area contributed by atoms with Gasteiger partial charge in [-0.1, -0.05) is 37.1 Å². The van der Waals surface area contributed by atoms with Crippen molar-refractivity contribution in [1.29, 1.82) is 0 Å². The van der Waals surface area contributed by atoms with Gasteiger partial charge in [0.25, 0.3) is 5.91 Å². The van der Waals surface area contributed by atoms with Gasteiger partial charge in [0, 0.05) is 40.3 Å². The van der Waals surface area contributed by atoms with E-state index in [1.165, 1.54) is 30.6 Å². The van der Waals surface area contributed by atoms with Crippen molar-refractivity contribution in [3.63, 3.8) is 0 Å². The number of esters is 1. The number of nitrogens with zero attached hydrogens (tertiary/aromatic N) is 3. The number of hydrogen-bond acceptors (Lipinski definition) is 11. The number of nitrogens with one attached hydrogen (secondary N) is 4. The van der Waals surface area contributed by atoms with Gasteiger partial charge in [-0.05, 0) is 67.8 Å². The zero-order valence-electron chi connectivity index (χ0n) is 27.2. The summed E-state index contributed by atoms with van der Waals surface area (Å²) in [7, 11) is 1.22. The van der Waals surface area contributed by atoms with Crippen LogP contribution in [0.1, 0.15) is 43.7 Å². The van der Waals surface area contributed by atoms with Gasteiger partial charge in [-0.25, -0.2) is 21.3 Å². The molecule has 0 radical (unpaired) electrons. The number of amides is 3. The van der Waals surface area contributed by atoms with E-state index in [1.807, 2.05) is 0 Å². The van der Waals surface area contributed by atoms with Crippen LogP contribution in [0.3, 0.4) is 0 Å². The molecule has 8 N–H and O–H groups in total. The van der Waals surface area contributed by atoms with Gasteiger partial charge in [0.15, 0.2) is 0 Å². The fourth-order valence-corrected chi connectivity index (χ4v) is 5.12. The highest BCUT2D eigenvalue weighted by molar-refractivity contribution is 6.30. The summed E-state index contributed by atoms with van der Waals surface area (Å²) in [6.45, 7) is 9.32. The molecule has 0 saturated heterocycles. The Balaban J connectivity index is 2.02. The van der Waals surface area contributed by atoms with Gasteiger partial charge in [-0.2, -0.15) is 5.10 Å². The highest BCUT2D eigenvalue weighted by atomic mass is 35.5. The van der Waals surface area contributed by atoms with E-state index >= 15 is 0 Å². The molecule has 49 heavy (non-hydrogen) atoms. The van der Waals surface area contributed by atoms with Crippen molar-refractivity contribution in [2.24, 2.45) is 21.9 Å². The van der Waals surface area contributed by atoms with E-state index in [2.05, 4.69) is 44.9 Å². The van der Waals surface area contributed by atoms with Crippen LogP contribution in [-0.4, -0.2) is 62.7 Å². The van der Waals surface area contributed by atoms with Crippen molar-refractivity contribution in [2.75, 3.05) is 29.4 Å². The SMILES string of the molecule is C=N/N=C\N(N)c1ccc(Cl)cc1/C=C/C(=O)NC1CCCC[C@H](C(=O)OCC)Nc2cc(NC(=O)OC)ccc2/C(C(=O)NN)=C/C1=C. The zero-order valence-corrected chi connectivity index (χ0v) is 28.0. The fraction of sp³-hybridized carbons (Fsp3) is 0.273. The van der Waals surface area contributed by atoms with Gasteiger partial charge < -0.3 is 20.1 Å². The highest BCUT2D eigenvalue weighted by Gasteiger charge is 2.26. The molecule has 0 fully saturated rings. The van der Waals surface area contributed by atoms with E-state index in [0.717, 1.165) is 0 Å². The summed E-state index contributed by atoms with van der Waals surface area (Å²) in [6.07, 6.45) is 6.85. The topological polar surface area (TPSA) is 215 Å². The maximum absolute atomic E-state index is 13.3. The maximum Gasteiger partial charge on any atom is 0.411 e. The van der Waals surface area contributed by atoms with Crippen molar-refractivity contribution in [1.82, 2.24) is 10.7 Å². The second-order valence-corrected chi connectivity index (χ2v) is 11.0. The Bertz CT molecular complexity index is 1660. The second kappa shape index (κ2) is 18.7. The molecule has 1 aliphatic heterocycles. The zero-order chi connectivity index (χ0) is 35.9. The van der Waals surface area contributed by atoms with Gasteiger partial charge in [-0.15, -0.1) is 5.10 Å². The van der Waals surface area contributed by atoms with Gasteiger partial charge in [0.2, 0.25) is 5.91 Å². The van der Waals surface area contributed by atoms with Gasteiger partial charge >= 0.3 is 12.1 Å². The average Bonchev–Trinajstić information content (AvgIpc) is 3.08. The van der Waals surface area contributed by atoms with Crippen molar-refractivity contribution in [3.05, 3.63) is 76.9 Å². The number of halogens is 1. The molecule has 0 aromatic heterocycles. The molecule has 0 bridgehead atoms. The molecule has 0 spiro atoms. The number of carbonyl (C=O) groups is 4. The van der Waals surface area contributed by atoms with Crippen LogP contribution >= 0.6 is 11.6 Å². The number of hydrazine groups is 2. The Hall–Kier alpha value is -5.51. The van der Waals surface area contributed by atoms with Gasteiger partial charge in [0.1, 0.15) is 12.4 Å². The minimum Gasteiger partial charge on any atom is -0.464 e. The number of nitrogens with two attached hydrogens (primary N) is 2. The Morgan fingerprint density at radius 2 is 1.92 bits per heavy atom. The van der Waals surface area contributed by atoms with Gasteiger partial charge in [0.05, 0.1) is 31.0 Å². The molecule has 3 rings (SSSR count). The van der Waals surface area contributed by atoms with E-state index in [0.29, 0.717) is 64.5 Å². The Morgan fingerprint density at radius 1 is 1.16 bits per heavy atom. The second-order valence-electron chi connectivity index (χ2n) is 10.6. The van der Waals surface area contributed by atoms with E-state index in [1.54, 1.807) is 49.4 Å². The lowest BCUT2D eigenvalue weighted by Gasteiger charge is -2.25. The number of methoxy groups -OCH3 is 1. The molecule has 2 aromatic rings. The Kier molecular flexibility index (Phi) is 14.5. The van der Waals surface area contributed by atoms with E-state index in [4.69, 9.17) is 32.8 Å². The minimum absolute atomic E-state index is 0.0832. The fourth-order valence-electron chi connectivity index (χ4n) is 4.93. The van der Waals surface area contributed by atoms with Crippen LogP contribution < -0.4 is 38.1 Å². The normalized spacial score (nSPS) is 17.7. The van der Waals surface area contributed by atoms with Crippen LogP contribution in [0.15, 0.2) is 70.9 Å². The molecule has 2 atom stereocenters. The van der Waals surface area contributed by atoms with Crippen molar-refractivity contribution < 1.29 is 28.7 Å². The summed E-state index contributed by atoms with van der Waals surface area (Å²) in [6, 6.07) is 8.19. The number of fused-ring (bicyclic) bond motifs is 1. The van der Waals surface area contributed by atoms with E-state index < -0.39 is 36.0 Å². The monoisotopic (exact) mass is 693 g/mol. The maximum atomic E-state index is 13.3. The van der Waals surface area contributed by atoms with Crippen LogP contribution in [0.25, 0.3) is 11.6 Å². The predicted octanol–water partition coefficient (Wildman–Crippen LogP) is 3.89. The largest absolute Gasteiger partial charge is 0.464 e. The van der Waals surface area contributed by atoms with Crippen LogP contribution in [0, 0.1) is 0 Å². The smallest absolute Gasteiger partial charge is 0.411 e. The molecule has 16 heteroatoms. The molecule has 2 aromatic carbocycles. The minimum atomic E-state index is -0.797. The third kappa shape index (κ3) is 11.0. The molecule has 0 aliphatic carbocycles. The Morgan fingerprint density at radius 3 is 2.61 bits per heavy atom. The summed E-state index contributed by atoms with van der Waals surface area (Å²) < 4.78 is 10.0. The molecular weight excluding hydrogens is 654 g/mol. The number of hydrogen-bond donors (Lipinski definition) is 6. The summed E-state index contributed by atoms with van der Waals surface area (Å²) in [4.78, 5) is 51.4. The first-order valence-electron chi connectivity index (χ1n) is 15.2. The van der Waals surface area contributed by atoms with Crippen LogP contribution in [-0.2, 0) is 23.9 Å². The highest BCUT2D eigenvalue weighted by Crippen LogP contribution is 2.31. The predicted molar refractivity (Wildman–Crippen MR) is 192 cm³/mol. The van der Waals surface area contributed by atoms with Crippen molar-refractivity contribution in [3.8, 4) is 0 Å². The molecule has 1 unspecified atom stereocenters. The average molecular weight is 694 g/mol. The first-order chi connectivity index (χ1) is 23.5. The summed E-state index contributed by atoms with van der Waals surface area (Å²) in [5, 5.41) is 17.4. The molecule has 260 valence electrons. The van der Waals surface area contributed by atoms with Crippen molar-refractivity contribution in [2.45, 2.75) is 44.7 Å². The van der Waals surface area contributed by atoms with Crippen LogP contribution in [0.4, 0.5) is 21.9 Å². The van der Waals surface area contributed by atoms with E-state index in [9.17, 15) is 19.2 Å². The number of anilines is 3. The first-order valence-corrected chi connectivity index (χ1v) is 15.5. The molecule has 1 heterocycles. The summed E-state index contributed by atoms with van der Waals surface area (Å²) in [5.41, 5.74) is 4.66. The molecule has 15 nitrogen and oxygen atoms in total. The lowest BCUT2D eigenvalue weighted by Crippen LogP contribution is -2.36. The van der Waals surface area contributed by atoms with Gasteiger partial charge in [-0.3, -0.25) is 25.3 Å². The van der Waals surface area contributed by atoms with Crippen LogP contribution in [0.5, 0.6) is 0 Å². The molecular formula is C33H40ClN9O6. The lowest BCUT2D eigenvalue weighted by atomic mass is 9.93. The van der Waals surface area contributed by atoms with E-state index in [-0.39, 0.29) is 12.2 Å². The third-order valence-electron chi connectivity index (χ3n) is 7.29. The third-order valence-corrected chi connectivity index (χ3v) is 7.52. The quantitative estimate of drug-likeness (QED) is 0.0401. The standard InChI is InChI=1S/C33H40ClN9O6/c1-5-49-32(46)27-9-7-6-8-26(41-30(44)15-10-21-17-22(34)11-14-29(21)43(36)19-38-37-3)20(2)16-25(31(45)42-35)24-13-12-23(18-28(24)40-27)39-33(47)48-4/h10-19,26-27,40H,2-3,5-9,35-36H2,1,4H3,(H,39,47)(H,41,44)(H,42,45)/b15-10+,25-16-,38-19-/t26?,27-/m1/s1. The number of rotatable bonds is 10. The molecule has 0 saturated carbocycles. The Labute approximate surface area is 289 Å². The number of carbonyl (C=O) groups excluding carboxylic acids is 4.